The second-order valence-electron chi connectivity index (χ2n) is 2.59. The van der Waals surface area contributed by atoms with Crippen LogP contribution in [0.3, 0.4) is 0 Å². The van der Waals surface area contributed by atoms with Gasteiger partial charge in [-0.3, -0.25) is 0 Å². The topological polar surface area (TPSA) is 40.1 Å². The lowest BCUT2D eigenvalue weighted by molar-refractivity contribution is -0.307. The van der Waals surface area contributed by atoms with Gasteiger partial charge in [-0.15, -0.1) is 0 Å². The minimum atomic E-state index is -1.04. The zero-order valence-electron chi connectivity index (χ0n) is 6.58. The standard InChI is InChI=1S/C9H9BrO2/c1-6(9(11)12)7-2-4-8(10)5-3-7/h2-6H,1H3,(H,11,12)/p-1. The summed E-state index contributed by atoms with van der Waals surface area (Å²) in [6.07, 6.45) is 0. The normalized spacial score (nSPS) is 12.5. The Morgan fingerprint density at radius 3 is 2.33 bits per heavy atom. The second-order valence-corrected chi connectivity index (χ2v) is 3.51. The summed E-state index contributed by atoms with van der Waals surface area (Å²) in [7, 11) is 0. The molecule has 0 spiro atoms. The van der Waals surface area contributed by atoms with E-state index in [9.17, 15) is 9.90 Å². The summed E-state index contributed by atoms with van der Waals surface area (Å²) < 4.78 is 0.941. The van der Waals surface area contributed by atoms with Crippen LogP contribution >= 0.6 is 15.9 Å². The van der Waals surface area contributed by atoms with E-state index in [-0.39, 0.29) is 0 Å². The number of benzene rings is 1. The first kappa shape index (κ1) is 9.26. The molecule has 0 heterocycles. The molecule has 1 atom stereocenters. The molecule has 64 valence electrons. The summed E-state index contributed by atoms with van der Waals surface area (Å²) in [5, 5.41) is 10.5. The highest BCUT2D eigenvalue weighted by atomic mass is 79.9. The minimum absolute atomic E-state index is 0.543. The second kappa shape index (κ2) is 3.72. The van der Waals surface area contributed by atoms with Crippen molar-refractivity contribution in [3.05, 3.63) is 34.3 Å². The van der Waals surface area contributed by atoms with Crippen LogP contribution in [-0.4, -0.2) is 5.97 Å². The number of carbonyl (C=O) groups excluding carboxylic acids is 1. The van der Waals surface area contributed by atoms with Gasteiger partial charge in [-0.25, -0.2) is 0 Å². The number of hydrogen-bond donors (Lipinski definition) is 0. The molecule has 12 heavy (non-hydrogen) atoms. The number of carbonyl (C=O) groups is 1. The van der Waals surface area contributed by atoms with Crippen LogP contribution < -0.4 is 5.11 Å². The van der Waals surface area contributed by atoms with Gasteiger partial charge >= 0.3 is 0 Å². The molecule has 0 saturated carbocycles. The van der Waals surface area contributed by atoms with Crippen LogP contribution in [0.5, 0.6) is 0 Å². The Balaban J connectivity index is 2.89. The largest absolute Gasteiger partial charge is 0.550 e. The van der Waals surface area contributed by atoms with Gasteiger partial charge in [0.1, 0.15) is 0 Å². The molecule has 0 fully saturated rings. The van der Waals surface area contributed by atoms with Crippen LogP contribution in [0.15, 0.2) is 28.7 Å². The number of rotatable bonds is 2. The molecule has 0 saturated heterocycles. The lowest BCUT2D eigenvalue weighted by Gasteiger charge is -2.12. The van der Waals surface area contributed by atoms with Crippen molar-refractivity contribution in [2.45, 2.75) is 12.8 Å². The van der Waals surface area contributed by atoms with E-state index < -0.39 is 11.9 Å². The van der Waals surface area contributed by atoms with Crippen LogP contribution in [0.1, 0.15) is 18.4 Å². The van der Waals surface area contributed by atoms with Crippen LogP contribution in [0.25, 0.3) is 0 Å². The molecule has 0 aliphatic carbocycles. The highest BCUT2D eigenvalue weighted by molar-refractivity contribution is 9.10. The number of carboxylic acid groups (broad SMARTS) is 1. The third kappa shape index (κ3) is 2.08. The number of halogens is 1. The first-order valence-electron chi connectivity index (χ1n) is 3.57. The first-order valence-corrected chi connectivity index (χ1v) is 4.37. The zero-order valence-corrected chi connectivity index (χ0v) is 8.17. The Morgan fingerprint density at radius 1 is 1.42 bits per heavy atom. The lowest BCUT2D eigenvalue weighted by Crippen LogP contribution is -2.27. The van der Waals surface area contributed by atoms with E-state index in [2.05, 4.69) is 15.9 Å². The fourth-order valence-corrected chi connectivity index (χ4v) is 1.15. The molecule has 0 N–H and O–H groups in total. The van der Waals surface area contributed by atoms with E-state index in [0.29, 0.717) is 0 Å². The van der Waals surface area contributed by atoms with Crippen molar-refractivity contribution in [1.29, 1.82) is 0 Å². The molecule has 0 radical (unpaired) electrons. The van der Waals surface area contributed by atoms with Crippen LogP contribution in [0, 0.1) is 0 Å². The Labute approximate surface area is 79.3 Å². The van der Waals surface area contributed by atoms with Crippen LogP contribution in [0.4, 0.5) is 0 Å². The summed E-state index contributed by atoms with van der Waals surface area (Å²) >= 11 is 3.27. The molecule has 1 rings (SSSR count). The number of hydrogen-bond acceptors (Lipinski definition) is 2. The summed E-state index contributed by atoms with van der Waals surface area (Å²) in [6.45, 7) is 1.61. The van der Waals surface area contributed by atoms with Gasteiger partial charge in [0, 0.05) is 16.4 Å². The Kier molecular flexibility index (Phi) is 2.87. The molecule has 3 heteroatoms. The Hall–Kier alpha value is -0.830. The summed E-state index contributed by atoms with van der Waals surface area (Å²) in [6, 6.07) is 7.17. The van der Waals surface area contributed by atoms with E-state index in [1.807, 2.05) is 12.1 Å². The van der Waals surface area contributed by atoms with E-state index in [1.165, 1.54) is 0 Å². The minimum Gasteiger partial charge on any atom is -0.550 e. The summed E-state index contributed by atoms with van der Waals surface area (Å²) in [5.41, 5.74) is 0.762. The molecule has 0 amide bonds. The van der Waals surface area contributed by atoms with Gasteiger partial charge in [0.2, 0.25) is 0 Å². The maximum atomic E-state index is 10.5. The van der Waals surface area contributed by atoms with Crippen LogP contribution in [0.2, 0.25) is 0 Å². The SMILES string of the molecule is CC(C(=O)[O-])c1ccc(Br)cc1. The van der Waals surface area contributed by atoms with Crippen molar-refractivity contribution in [2.75, 3.05) is 0 Å². The summed E-state index contributed by atoms with van der Waals surface area (Å²) in [4.78, 5) is 10.5. The third-order valence-corrected chi connectivity index (χ3v) is 2.25. The van der Waals surface area contributed by atoms with Gasteiger partial charge in [0.15, 0.2) is 0 Å². The maximum Gasteiger partial charge on any atom is 0.0486 e. The smallest absolute Gasteiger partial charge is 0.0486 e. The molecule has 1 aromatic carbocycles. The maximum absolute atomic E-state index is 10.5. The van der Waals surface area contributed by atoms with Gasteiger partial charge in [-0.05, 0) is 17.7 Å². The average Bonchev–Trinajstić information content (AvgIpc) is 2.04. The van der Waals surface area contributed by atoms with Gasteiger partial charge in [0.05, 0.1) is 0 Å². The average molecular weight is 228 g/mol. The molecule has 0 aliphatic rings. The van der Waals surface area contributed by atoms with Crippen molar-refractivity contribution in [3.8, 4) is 0 Å². The molecule has 1 unspecified atom stereocenters. The van der Waals surface area contributed by atoms with Gasteiger partial charge in [-0.2, -0.15) is 0 Å². The highest BCUT2D eigenvalue weighted by Crippen LogP contribution is 2.17. The molecule has 2 nitrogen and oxygen atoms in total. The molecule has 1 aromatic rings. The quantitative estimate of drug-likeness (QED) is 0.765. The molecule has 0 aliphatic heterocycles. The van der Waals surface area contributed by atoms with E-state index in [0.717, 1.165) is 10.0 Å². The molecular weight excluding hydrogens is 220 g/mol. The first-order chi connectivity index (χ1) is 5.61. The van der Waals surface area contributed by atoms with E-state index in [1.54, 1.807) is 19.1 Å². The van der Waals surface area contributed by atoms with Crippen molar-refractivity contribution < 1.29 is 9.90 Å². The number of carboxylic acids is 1. The lowest BCUT2D eigenvalue weighted by atomic mass is 10.0. The monoisotopic (exact) mass is 227 g/mol. The fraction of sp³-hybridized carbons (Fsp3) is 0.222. The predicted molar refractivity (Wildman–Crippen MR) is 47.6 cm³/mol. The number of aliphatic carboxylic acids is 1. The Bertz CT molecular complexity index is 279. The fourth-order valence-electron chi connectivity index (χ4n) is 0.888. The van der Waals surface area contributed by atoms with Gasteiger partial charge < -0.3 is 9.90 Å². The Morgan fingerprint density at radius 2 is 1.92 bits per heavy atom. The van der Waals surface area contributed by atoms with E-state index in [4.69, 9.17) is 0 Å². The van der Waals surface area contributed by atoms with Gasteiger partial charge in [0.25, 0.3) is 0 Å². The predicted octanol–water partition coefficient (Wildman–Crippen LogP) is 1.30. The molecule has 0 aromatic heterocycles. The third-order valence-electron chi connectivity index (χ3n) is 1.72. The van der Waals surface area contributed by atoms with Gasteiger partial charge in [-0.1, -0.05) is 35.0 Å². The summed E-state index contributed by atoms with van der Waals surface area (Å²) in [5.74, 6) is -1.59. The van der Waals surface area contributed by atoms with E-state index >= 15 is 0 Å². The van der Waals surface area contributed by atoms with Crippen LogP contribution in [-0.2, 0) is 4.79 Å². The van der Waals surface area contributed by atoms with Crippen molar-refractivity contribution in [1.82, 2.24) is 0 Å². The van der Waals surface area contributed by atoms with Crippen molar-refractivity contribution in [2.24, 2.45) is 0 Å². The van der Waals surface area contributed by atoms with Crippen molar-refractivity contribution in [3.63, 3.8) is 0 Å². The van der Waals surface area contributed by atoms with Crippen molar-refractivity contribution >= 4 is 21.9 Å². The zero-order chi connectivity index (χ0) is 9.14. The molecule has 0 bridgehead atoms. The molecular formula is C9H8BrO2-. The highest BCUT2D eigenvalue weighted by Gasteiger charge is 2.04.